The van der Waals surface area contributed by atoms with Crippen LogP contribution in [0, 0.1) is 12.8 Å². The second-order valence-corrected chi connectivity index (χ2v) is 9.69. The Hall–Kier alpha value is -2.42. The highest BCUT2D eigenvalue weighted by Crippen LogP contribution is 2.45. The smallest absolute Gasteiger partial charge is 0.318 e. The van der Waals surface area contributed by atoms with E-state index < -0.39 is 11.8 Å². The molecule has 0 saturated heterocycles. The number of pyridine rings is 1. The van der Waals surface area contributed by atoms with Gasteiger partial charge in [0.1, 0.15) is 16.3 Å². The lowest BCUT2D eigenvalue weighted by Crippen LogP contribution is -2.24. The quantitative estimate of drug-likeness (QED) is 0.534. The van der Waals surface area contributed by atoms with Crippen LogP contribution >= 0.6 is 11.3 Å². The molecule has 0 aromatic carbocycles. The number of fused-ring (bicyclic) bond motifs is 1. The summed E-state index contributed by atoms with van der Waals surface area (Å²) in [6.07, 6.45) is 5.73. The number of aryl methyl sites for hydroxylation is 1. The molecular formula is C22H25F2N5OS. The standard InChI is InChI=1S/C22H25F2N5OS/c1-11-16(20-28-18-15(31-20)8-9-25-17(18)12-4-5-12)19(29-21(26-11)30-3)27-14-7-6-13(10-14)22(2,23)24/h8-9,12-14H,4-7,10H2,1-3H3,(H,26,27,29)/t13-,14+/m1/s1. The van der Waals surface area contributed by atoms with Gasteiger partial charge in [-0.05, 0) is 52.0 Å². The van der Waals surface area contributed by atoms with Crippen molar-refractivity contribution in [3.8, 4) is 16.6 Å². The number of methoxy groups -OCH3 is 1. The molecule has 0 bridgehead atoms. The van der Waals surface area contributed by atoms with E-state index in [0.29, 0.717) is 31.0 Å². The van der Waals surface area contributed by atoms with Crippen LogP contribution < -0.4 is 10.1 Å². The summed E-state index contributed by atoms with van der Waals surface area (Å²) in [5.41, 5.74) is 3.54. The molecule has 0 radical (unpaired) electrons. The van der Waals surface area contributed by atoms with Gasteiger partial charge in [-0.15, -0.1) is 11.3 Å². The van der Waals surface area contributed by atoms with Crippen LogP contribution in [0.2, 0.25) is 0 Å². The van der Waals surface area contributed by atoms with Gasteiger partial charge in [0.2, 0.25) is 5.92 Å². The van der Waals surface area contributed by atoms with Gasteiger partial charge in [0, 0.05) is 24.1 Å². The third kappa shape index (κ3) is 3.95. The Morgan fingerprint density at radius 2 is 1.97 bits per heavy atom. The van der Waals surface area contributed by atoms with Gasteiger partial charge in [-0.2, -0.15) is 9.97 Å². The second-order valence-electron chi connectivity index (χ2n) is 8.66. The van der Waals surface area contributed by atoms with Gasteiger partial charge in [0.25, 0.3) is 0 Å². The van der Waals surface area contributed by atoms with Crippen molar-refractivity contribution >= 4 is 27.4 Å². The summed E-state index contributed by atoms with van der Waals surface area (Å²) in [6, 6.07) is 2.16. The first-order chi connectivity index (χ1) is 14.8. The van der Waals surface area contributed by atoms with E-state index in [0.717, 1.165) is 51.9 Å². The SMILES string of the molecule is COc1nc(C)c(-c2nc3c(C4CC4)nccc3s2)c(N[C@H]2CC[C@@H](C(C)(F)F)C2)n1. The highest BCUT2D eigenvalue weighted by Gasteiger charge is 2.40. The molecule has 6 nitrogen and oxygen atoms in total. The summed E-state index contributed by atoms with van der Waals surface area (Å²) < 4.78 is 34.0. The molecule has 1 N–H and O–H groups in total. The monoisotopic (exact) mass is 445 g/mol. The predicted octanol–water partition coefficient (Wildman–Crippen LogP) is 5.58. The van der Waals surface area contributed by atoms with Gasteiger partial charge in [0.05, 0.1) is 28.8 Å². The topological polar surface area (TPSA) is 72.8 Å². The fourth-order valence-electron chi connectivity index (χ4n) is 4.40. The molecule has 9 heteroatoms. The molecule has 164 valence electrons. The lowest BCUT2D eigenvalue weighted by atomic mass is 10.0. The predicted molar refractivity (Wildman–Crippen MR) is 117 cm³/mol. The van der Waals surface area contributed by atoms with Crippen molar-refractivity contribution in [3.05, 3.63) is 23.7 Å². The summed E-state index contributed by atoms with van der Waals surface area (Å²) >= 11 is 1.58. The summed E-state index contributed by atoms with van der Waals surface area (Å²) in [5.74, 6) is -2.20. The number of aromatic nitrogens is 4. The zero-order valence-corrected chi connectivity index (χ0v) is 18.6. The number of hydrogen-bond acceptors (Lipinski definition) is 7. The molecule has 3 aromatic rings. The number of halogens is 2. The molecule has 2 aliphatic rings. The molecule has 3 aromatic heterocycles. The van der Waals surface area contributed by atoms with Crippen LogP contribution in [0.15, 0.2) is 12.3 Å². The molecule has 2 aliphatic carbocycles. The van der Waals surface area contributed by atoms with Gasteiger partial charge < -0.3 is 10.1 Å². The van der Waals surface area contributed by atoms with E-state index in [1.54, 1.807) is 11.3 Å². The summed E-state index contributed by atoms with van der Waals surface area (Å²) in [5, 5.41) is 4.21. The maximum absolute atomic E-state index is 13.8. The molecule has 2 fully saturated rings. The van der Waals surface area contributed by atoms with Crippen molar-refractivity contribution in [1.82, 2.24) is 19.9 Å². The van der Waals surface area contributed by atoms with E-state index in [-0.39, 0.29) is 12.1 Å². The van der Waals surface area contributed by atoms with E-state index in [9.17, 15) is 8.78 Å². The van der Waals surface area contributed by atoms with E-state index in [1.807, 2.05) is 19.2 Å². The lowest BCUT2D eigenvalue weighted by Gasteiger charge is -2.20. The van der Waals surface area contributed by atoms with Gasteiger partial charge in [-0.1, -0.05) is 0 Å². The minimum absolute atomic E-state index is 0.0772. The van der Waals surface area contributed by atoms with E-state index in [1.165, 1.54) is 7.11 Å². The van der Waals surface area contributed by atoms with Crippen LogP contribution in [-0.4, -0.2) is 39.0 Å². The Kier molecular flexibility index (Phi) is 5.03. The van der Waals surface area contributed by atoms with Gasteiger partial charge in [-0.25, -0.2) is 13.8 Å². The lowest BCUT2D eigenvalue weighted by molar-refractivity contribution is -0.0369. The summed E-state index contributed by atoms with van der Waals surface area (Å²) in [6.45, 7) is 2.91. The Bertz CT molecular complexity index is 1130. The largest absolute Gasteiger partial charge is 0.467 e. The van der Waals surface area contributed by atoms with Crippen molar-refractivity contribution in [2.45, 2.75) is 63.8 Å². The molecule has 3 heterocycles. The molecule has 2 saturated carbocycles. The molecular weight excluding hydrogens is 420 g/mol. The fraction of sp³-hybridized carbons (Fsp3) is 0.545. The number of rotatable bonds is 6. The molecule has 31 heavy (non-hydrogen) atoms. The van der Waals surface area contributed by atoms with Gasteiger partial charge in [-0.3, -0.25) is 4.98 Å². The first-order valence-electron chi connectivity index (χ1n) is 10.7. The maximum atomic E-state index is 13.8. The van der Waals surface area contributed by atoms with Crippen molar-refractivity contribution in [2.75, 3.05) is 12.4 Å². The van der Waals surface area contributed by atoms with Gasteiger partial charge >= 0.3 is 6.01 Å². The number of nitrogens with one attached hydrogen (secondary N) is 1. The minimum Gasteiger partial charge on any atom is -0.467 e. The van der Waals surface area contributed by atoms with Crippen LogP contribution in [0.5, 0.6) is 6.01 Å². The first-order valence-corrected chi connectivity index (χ1v) is 11.5. The average Bonchev–Trinajstić information content (AvgIpc) is 3.28. The first kappa shape index (κ1) is 20.5. The van der Waals surface area contributed by atoms with Crippen LogP contribution in [0.25, 0.3) is 20.8 Å². The fourth-order valence-corrected chi connectivity index (χ4v) is 5.47. The van der Waals surface area contributed by atoms with Crippen molar-refractivity contribution in [2.24, 2.45) is 5.92 Å². The van der Waals surface area contributed by atoms with Crippen molar-refractivity contribution < 1.29 is 13.5 Å². The van der Waals surface area contributed by atoms with E-state index in [4.69, 9.17) is 9.72 Å². The molecule has 2 atom stereocenters. The third-order valence-corrected chi connectivity index (χ3v) is 7.29. The number of alkyl halides is 2. The Morgan fingerprint density at radius 1 is 1.16 bits per heavy atom. The molecule has 5 rings (SSSR count). The average molecular weight is 446 g/mol. The Balaban J connectivity index is 1.53. The van der Waals surface area contributed by atoms with Crippen LogP contribution in [0.1, 0.15) is 56.3 Å². The summed E-state index contributed by atoms with van der Waals surface area (Å²) in [7, 11) is 1.52. The number of nitrogens with zero attached hydrogens (tertiary/aromatic N) is 4. The zero-order valence-electron chi connectivity index (χ0n) is 17.8. The zero-order chi connectivity index (χ0) is 21.8. The number of hydrogen-bond donors (Lipinski definition) is 1. The highest BCUT2D eigenvalue weighted by atomic mass is 32.1. The third-order valence-electron chi connectivity index (χ3n) is 6.26. The van der Waals surface area contributed by atoms with Gasteiger partial charge in [0.15, 0.2) is 0 Å². The molecule has 0 amide bonds. The molecule has 0 spiro atoms. The van der Waals surface area contributed by atoms with Crippen molar-refractivity contribution in [3.63, 3.8) is 0 Å². The summed E-state index contributed by atoms with van der Waals surface area (Å²) in [4.78, 5) is 18.5. The molecule has 0 unspecified atom stereocenters. The van der Waals surface area contributed by atoms with Crippen LogP contribution in [0.4, 0.5) is 14.6 Å². The number of thiazole rings is 1. The van der Waals surface area contributed by atoms with Crippen LogP contribution in [-0.2, 0) is 0 Å². The second kappa shape index (κ2) is 7.62. The normalized spacial score (nSPS) is 21.6. The maximum Gasteiger partial charge on any atom is 0.318 e. The van der Waals surface area contributed by atoms with Crippen LogP contribution in [0.3, 0.4) is 0 Å². The highest BCUT2D eigenvalue weighted by molar-refractivity contribution is 7.21. The number of anilines is 1. The number of ether oxygens (including phenoxy) is 1. The van der Waals surface area contributed by atoms with E-state index >= 15 is 0 Å². The van der Waals surface area contributed by atoms with Crippen molar-refractivity contribution in [1.29, 1.82) is 0 Å². The molecule has 0 aliphatic heterocycles. The van der Waals surface area contributed by atoms with E-state index in [2.05, 4.69) is 20.3 Å². The Labute approximate surface area is 183 Å². The minimum atomic E-state index is -2.67. The Morgan fingerprint density at radius 3 is 2.65 bits per heavy atom.